The second-order valence-corrected chi connectivity index (χ2v) is 29.5. The number of aliphatic hydroxyl groups is 11. The molecule has 19 nitrogen and oxygen atoms in total. The third-order valence-electron chi connectivity index (χ3n) is 20.0. The normalized spacial score (nSPS) is 25.9. The number of amides is 1. The standard InChI is InChI=1S/C92H151NO18/c1-3-5-7-9-11-13-15-17-19-21-23-25-27-29-31-32-33-34-35-36-37-38-39-40-41-42-44-46-48-50-52-54-56-58-60-62-64-66-68-70-80(98)93-75(76(97)69-67-65-63-61-59-57-55-53-51-49-47-45-43-30-28-26-24-22-20-18-16-14-12-10-8-6-4-2)74-106-90-86(104)83(101)88(78(72-95)108-90)111-92-87(105)84(102)89(79(73-96)109-92)110-91-85(103)82(100)81(99)77(71-94)107-91/h5,7,11,13,17,19,23,25,29,31,33-34,36-37,39-40,42,44,48,50-51,53-54,56,59,61,67,69,75-79,81-92,94-97,99-105H,3-4,6,8-10,12,14-16,18,20-22,24,26-28,30,32,35,38,41,43,45-47,49,52,55,57-58,60,62-66,68,70-74H2,1-2H3,(H,93,98)/b7-5-,13-11-,19-17-,25-23-,31-29-,34-33-,37-36-,40-39-,44-42-,50-48-,53-51+,56-54-,61-59+,69-67+. The van der Waals surface area contributed by atoms with E-state index in [-0.39, 0.29) is 12.3 Å². The molecule has 3 heterocycles. The van der Waals surface area contributed by atoms with E-state index in [1.54, 1.807) is 6.08 Å². The number of hydrogen-bond acceptors (Lipinski definition) is 18. The molecule has 0 spiro atoms. The molecule has 0 aliphatic carbocycles. The summed E-state index contributed by atoms with van der Waals surface area (Å²) in [5, 5.41) is 121. The number of allylic oxidation sites excluding steroid dienone is 27. The van der Waals surface area contributed by atoms with Crippen LogP contribution in [0.25, 0.3) is 0 Å². The smallest absolute Gasteiger partial charge is 0.220 e. The van der Waals surface area contributed by atoms with Crippen LogP contribution in [-0.2, 0) is 33.2 Å². The molecule has 3 aliphatic rings. The van der Waals surface area contributed by atoms with Crippen molar-refractivity contribution in [2.45, 2.75) is 375 Å². The molecule has 1 amide bonds. The summed E-state index contributed by atoms with van der Waals surface area (Å²) in [4.78, 5) is 13.5. The number of nitrogens with one attached hydrogen (secondary N) is 1. The van der Waals surface area contributed by atoms with E-state index in [9.17, 15) is 61.0 Å². The Labute approximate surface area is 668 Å². The maximum atomic E-state index is 13.5. The molecule has 3 rings (SSSR count). The first-order valence-corrected chi connectivity index (χ1v) is 42.9. The number of carbonyl (C=O) groups is 1. The molecule has 19 heteroatoms. The summed E-state index contributed by atoms with van der Waals surface area (Å²) in [5.41, 5.74) is 0. The van der Waals surface area contributed by atoms with Gasteiger partial charge in [-0.1, -0.05) is 306 Å². The summed E-state index contributed by atoms with van der Waals surface area (Å²) in [6.07, 6.45) is 77.7. The van der Waals surface area contributed by atoms with Crippen molar-refractivity contribution in [3.8, 4) is 0 Å². The zero-order valence-electron chi connectivity index (χ0n) is 67.9. The number of aliphatic hydroxyl groups excluding tert-OH is 11. The molecule has 111 heavy (non-hydrogen) atoms. The minimum Gasteiger partial charge on any atom is -0.394 e. The lowest BCUT2D eigenvalue weighted by molar-refractivity contribution is -0.379. The fourth-order valence-electron chi connectivity index (χ4n) is 13.2. The summed E-state index contributed by atoms with van der Waals surface area (Å²) in [6, 6.07) is -1.02. The van der Waals surface area contributed by atoms with Crippen LogP contribution in [0.2, 0.25) is 0 Å². The molecule has 3 aliphatic heterocycles. The third kappa shape index (κ3) is 48.3. The van der Waals surface area contributed by atoms with Crippen molar-refractivity contribution < 1.29 is 89.4 Å². The van der Waals surface area contributed by atoms with Crippen molar-refractivity contribution in [3.05, 3.63) is 170 Å². The Balaban J connectivity index is 1.38. The molecular formula is C92H151NO18. The second kappa shape index (κ2) is 69.5. The molecule has 17 unspecified atom stereocenters. The van der Waals surface area contributed by atoms with Crippen LogP contribution in [0.4, 0.5) is 0 Å². The fraction of sp³-hybridized carbons (Fsp3) is 0.685. The average molecular weight is 1560 g/mol. The van der Waals surface area contributed by atoms with Gasteiger partial charge >= 0.3 is 0 Å². The highest BCUT2D eigenvalue weighted by atomic mass is 16.8. The monoisotopic (exact) mass is 1560 g/mol. The summed E-state index contributed by atoms with van der Waals surface area (Å²) in [5.74, 6) is -0.314. The van der Waals surface area contributed by atoms with Crippen molar-refractivity contribution in [2.24, 2.45) is 0 Å². The van der Waals surface area contributed by atoms with Gasteiger partial charge in [0.2, 0.25) is 5.91 Å². The SMILES string of the molecule is CC/C=C\C/C=C\C/C=C\C/C=C\C/C=C\C/C=C\C/C=C\C/C=C\C/C=C\C/C=C\C/C=C\CCCCCCCC(=O)NC(COC1OC(CO)C(OC2OC(CO)C(OC3OC(CO)C(O)C(O)C3O)C(O)C2O)C(O)C1O)C(O)/C=C/CC/C=C/CC/C=C/CCCCCCCCCCCCCCCCCCC. The molecule has 0 radical (unpaired) electrons. The molecule has 0 bridgehead atoms. The molecular weight excluding hydrogens is 1410 g/mol. The van der Waals surface area contributed by atoms with E-state index in [4.69, 9.17) is 28.4 Å². The van der Waals surface area contributed by atoms with E-state index < -0.39 is 131 Å². The maximum Gasteiger partial charge on any atom is 0.220 e. The molecule has 0 aromatic carbocycles. The molecule has 17 atom stereocenters. The quantitative estimate of drug-likeness (QED) is 0.0199. The van der Waals surface area contributed by atoms with Gasteiger partial charge in [0.25, 0.3) is 0 Å². The summed E-state index contributed by atoms with van der Waals surface area (Å²) in [6.45, 7) is 1.58. The number of carbonyl (C=O) groups excluding carboxylic acids is 1. The minimum absolute atomic E-state index is 0.198. The van der Waals surface area contributed by atoms with E-state index in [0.29, 0.717) is 12.8 Å². The first kappa shape index (κ1) is 100. The van der Waals surface area contributed by atoms with Gasteiger partial charge in [-0.05, 0) is 128 Å². The first-order chi connectivity index (χ1) is 54.3. The zero-order valence-corrected chi connectivity index (χ0v) is 67.9. The van der Waals surface area contributed by atoms with Gasteiger partial charge in [0.05, 0.1) is 38.6 Å². The molecule has 0 saturated carbocycles. The van der Waals surface area contributed by atoms with Crippen LogP contribution >= 0.6 is 0 Å². The highest BCUT2D eigenvalue weighted by Crippen LogP contribution is 2.33. The molecule has 12 N–H and O–H groups in total. The van der Waals surface area contributed by atoms with Crippen molar-refractivity contribution in [1.29, 1.82) is 0 Å². The lowest BCUT2D eigenvalue weighted by Crippen LogP contribution is -2.66. The summed E-state index contributed by atoms with van der Waals surface area (Å²) in [7, 11) is 0. The lowest BCUT2D eigenvalue weighted by atomic mass is 9.96. The number of rotatable bonds is 66. The molecule has 0 aromatic rings. The van der Waals surface area contributed by atoms with Crippen molar-refractivity contribution in [3.63, 3.8) is 0 Å². The molecule has 0 aromatic heterocycles. The van der Waals surface area contributed by atoms with E-state index in [0.717, 1.165) is 128 Å². The highest BCUT2D eigenvalue weighted by molar-refractivity contribution is 5.76. The largest absolute Gasteiger partial charge is 0.394 e. The summed E-state index contributed by atoms with van der Waals surface area (Å²) >= 11 is 0. The fourth-order valence-corrected chi connectivity index (χ4v) is 13.2. The predicted octanol–water partition coefficient (Wildman–Crippen LogP) is 15.7. The minimum atomic E-state index is -1.99. The second-order valence-electron chi connectivity index (χ2n) is 29.5. The predicted molar refractivity (Wildman–Crippen MR) is 447 cm³/mol. The lowest BCUT2D eigenvalue weighted by Gasteiger charge is -2.48. The van der Waals surface area contributed by atoms with Crippen molar-refractivity contribution in [2.75, 3.05) is 26.4 Å². The van der Waals surface area contributed by atoms with E-state index in [1.165, 1.54) is 109 Å². The van der Waals surface area contributed by atoms with Crippen LogP contribution in [0.1, 0.15) is 271 Å². The van der Waals surface area contributed by atoms with Crippen molar-refractivity contribution in [1.82, 2.24) is 5.32 Å². The van der Waals surface area contributed by atoms with Gasteiger partial charge in [0.15, 0.2) is 18.9 Å². The summed E-state index contributed by atoms with van der Waals surface area (Å²) < 4.78 is 34.4. The zero-order chi connectivity index (χ0) is 80.3. The van der Waals surface area contributed by atoms with Gasteiger partial charge in [0.1, 0.15) is 73.2 Å². The van der Waals surface area contributed by atoms with Crippen LogP contribution in [0.5, 0.6) is 0 Å². The number of ether oxygens (including phenoxy) is 6. The number of hydrogen-bond donors (Lipinski definition) is 12. The molecule has 632 valence electrons. The average Bonchev–Trinajstić information content (AvgIpc) is 0.780. The molecule has 3 saturated heterocycles. The Kier molecular flexibility index (Phi) is 62.8. The van der Waals surface area contributed by atoms with Crippen LogP contribution in [0.15, 0.2) is 170 Å². The highest BCUT2D eigenvalue weighted by Gasteiger charge is 2.54. The topological polar surface area (TPSA) is 307 Å². The van der Waals surface area contributed by atoms with E-state index in [2.05, 4.69) is 177 Å². The van der Waals surface area contributed by atoms with Gasteiger partial charge in [-0.25, -0.2) is 0 Å². The van der Waals surface area contributed by atoms with Crippen molar-refractivity contribution >= 4 is 5.91 Å². The number of unbranched alkanes of at least 4 members (excludes halogenated alkanes) is 24. The van der Waals surface area contributed by atoms with Gasteiger partial charge in [-0.3, -0.25) is 4.79 Å². The Morgan fingerprint density at radius 2 is 0.631 bits per heavy atom. The van der Waals surface area contributed by atoms with Crippen LogP contribution in [0, 0.1) is 0 Å². The van der Waals surface area contributed by atoms with Gasteiger partial charge < -0.3 is 89.9 Å². The first-order valence-electron chi connectivity index (χ1n) is 42.9. The Bertz CT molecular complexity index is 2670. The Hall–Kier alpha value is -4.85. The van der Waals surface area contributed by atoms with Crippen LogP contribution in [-0.4, -0.2) is 193 Å². The van der Waals surface area contributed by atoms with Crippen LogP contribution in [0.3, 0.4) is 0 Å². The maximum absolute atomic E-state index is 13.5. The van der Waals surface area contributed by atoms with E-state index >= 15 is 0 Å². The van der Waals surface area contributed by atoms with Crippen LogP contribution < -0.4 is 5.32 Å². The third-order valence-corrected chi connectivity index (χ3v) is 20.0. The Morgan fingerprint density at radius 1 is 0.333 bits per heavy atom. The van der Waals surface area contributed by atoms with E-state index in [1.807, 2.05) is 6.08 Å². The molecule has 3 fully saturated rings. The van der Waals surface area contributed by atoms with Gasteiger partial charge in [-0.15, -0.1) is 0 Å². The van der Waals surface area contributed by atoms with Gasteiger partial charge in [-0.2, -0.15) is 0 Å². The Morgan fingerprint density at radius 3 is 1.01 bits per heavy atom. The van der Waals surface area contributed by atoms with Gasteiger partial charge in [0, 0.05) is 6.42 Å².